The summed E-state index contributed by atoms with van der Waals surface area (Å²) in [7, 11) is 0. The van der Waals surface area contributed by atoms with Gasteiger partial charge in [-0.25, -0.2) is 4.39 Å². The van der Waals surface area contributed by atoms with Crippen molar-refractivity contribution in [2.75, 3.05) is 5.32 Å². The van der Waals surface area contributed by atoms with Crippen LogP contribution in [-0.4, -0.2) is 0 Å². The highest BCUT2D eigenvalue weighted by Crippen LogP contribution is 2.20. The van der Waals surface area contributed by atoms with Crippen LogP contribution in [0.4, 0.5) is 10.1 Å². The summed E-state index contributed by atoms with van der Waals surface area (Å²) in [6, 6.07) is 13.4. The number of benzene rings is 2. The molecule has 0 amide bonds. The van der Waals surface area contributed by atoms with E-state index in [0.29, 0.717) is 4.47 Å². The number of nitrogens with one attached hydrogen (secondary N) is 1. The lowest BCUT2D eigenvalue weighted by molar-refractivity contribution is 0.621. The summed E-state index contributed by atoms with van der Waals surface area (Å²) in [6.07, 6.45) is 1.05. The third-order valence-electron chi connectivity index (χ3n) is 2.85. The Hall–Kier alpha value is -1.35. The van der Waals surface area contributed by atoms with E-state index in [1.165, 1.54) is 17.2 Å². The van der Waals surface area contributed by atoms with Gasteiger partial charge in [-0.3, -0.25) is 0 Å². The van der Waals surface area contributed by atoms with E-state index in [0.717, 1.165) is 18.7 Å². The molecule has 0 saturated heterocycles. The van der Waals surface area contributed by atoms with Crippen LogP contribution in [0.5, 0.6) is 0 Å². The summed E-state index contributed by atoms with van der Waals surface area (Å²) in [6.45, 7) is 2.88. The van der Waals surface area contributed by atoms with Crippen LogP contribution in [0.3, 0.4) is 0 Å². The number of hydrogen-bond donors (Lipinski definition) is 1. The molecule has 0 heterocycles. The van der Waals surface area contributed by atoms with Crippen molar-refractivity contribution in [2.24, 2.45) is 0 Å². The van der Waals surface area contributed by atoms with Crippen molar-refractivity contribution in [3.63, 3.8) is 0 Å². The Bertz CT molecular complexity index is 523. The van der Waals surface area contributed by atoms with E-state index >= 15 is 0 Å². The summed E-state index contributed by atoms with van der Waals surface area (Å²) in [4.78, 5) is 0. The van der Waals surface area contributed by atoms with Gasteiger partial charge in [0.2, 0.25) is 0 Å². The van der Waals surface area contributed by atoms with Gasteiger partial charge in [-0.05, 0) is 51.7 Å². The number of aryl methyl sites for hydroxylation is 1. The predicted octanol–water partition coefficient (Wildman–Crippen LogP) is 4.76. The van der Waals surface area contributed by atoms with Gasteiger partial charge in [0.05, 0.1) is 4.47 Å². The van der Waals surface area contributed by atoms with Gasteiger partial charge in [-0.1, -0.05) is 31.2 Å². The highest BCUT2D eigenvalue weighted by Gasteiger charge is 2.00. The highest BCUT2D eigenvalue weighted by atomic mass is 79.9. The lowest BCUT2D eigenvalue weighted by atomic mass is 10.1. The Labute approximate surface area is 115 Å². The molecule has 0 aliphatic carbocycles. The lowest BCUT2D eigenvalue weighted by Crippen LogP contribution is -1.99. The van der Waals surface area contributed by atoms with E-state index in [2.05, 4.69) is 52.4 Å². The van der Waals surface area contributed by atoms with Crippen LogP contribution in [-0.2, 0) is 13.0 Å². The molecule has 2 rings (SSSR count). The van der Waals surface area contributed by atoms with Crippen LogP contribution < -0.4 is 5.32 Å². The van der Waals surface area contributed by atoms with Crippen LogP contribution >= 0.6 is 15.9 Å². The van der Waals surface area contributed by atoms with E-state index in [1.807, 2.05) is 0 Å². The van der Waals surface area contributed by atoms with Crippen molar-refractivity contribution in [1.82, 2.24) is 0 Å². The summed E-state index contributed by atoms with van der Waals surface area (Å²) in [5, 5.41) is 3.27. The van der Waals surface area contributed by atoms with Gasteiger partial charge < -0.3 is 5.32 Å². The monoisotopic (exact) mass is 307 g/mol. The molecular weight excluding hydrogens is 293 g/mol. The van der Waals surface area contributed by atoms with Crippen LogP contribution in [0.2, 0.25) is 0 Å². The van der Waals surface area contributed by atoms with Crippen molar-refractivity contribution < 1.29 is 4.39 Å². The molecule has 0 atom stereocenters. The van der Waals surface area contributed by atoms with Gasteiger partial charge in [0, 0.05) is 12.2 Å². The molecule has 0 aliphatic heterocycles. The SMILES string of the molecule is CCc1ccc(CNc2ccc(F)c(Br)c2)cc1. The molecule has 0 aliphatic rings. The minimum absolute atomic E-state index is 0.243. The quantitative estimate of drug-likeness (QED) is 0.858. The van der Waals surface area contributed by atoms with Gasteiger partial charge in [0.1, 0.15) is 5.82 Å². The zero-order chi connectivity index (χ0) is 13.0. The fraction of sp³-hybridized carbons (Fsp3) is 0.200. The van der Waals surface area contributed by atoms with Crippen LogP contribution in [0.1, 0.15) is 18.1 Å². The summed E-state index contributed by atoms with van der Waals surface area (Å²) in [5.74, 6) is -0.243. The zero-order valence-electron chi connectivity index (χ0n) is 10.2. The van der Waals surface area contributed by atoms with Crippen LogP contribution in [0.25, 0.3) is 0 Å². The average Bonchev–Trinajstić information content (AvgIpc) is 2.41. The molecule has 0 bridgehead atoms. The van der Waals surface area contributed by atoms with E-state index in [1.54, 1.807) is 12.1 Å². The molecule has 1 N–H and O–H groups in total. The topological polar surface area (TPSA) is 12.0 Å². The Morgan fingerprint density at radius 3 is 2.33 bits per heavy atom. The van der Waals surface area contributed by atoms with Crippen molar-refractivity contribution in [2.45, 2.75) is 19.9 Å². The second-order valence-corrected chi connectivity index (χ2v) is 5.01. The van der Waals surface area contributed by atoms with E-state index in [4.69, 9.17) is 0 Å². The van der Waals surface area contributed by atoms with Crippen molar-refractivity contribution in [3.8, 4) is 0 Å². The highest BCUT2D eigenvalue weighted by molar-refractivity contribution is 9.10. The molecule has 0 aromatic heterocycles. The Balaban J connectivity index is 1.99. The Kier molecular flexibility index (Phi) is 4.37. The maximum absolute atomic E-state index is 13.1. The summed E-state index contributed by atoms with van der Waals surface area (Å²) < 4.78 is 13.6. The van der Waals surface area contributed by atoms with Gasteiger partial charge in [0.25, 0.3) is 0 Å². The third kappa shape index (κ3) is 3.33. The van der Waals surface area contributed by atoms with Crippen molar-refractivity contribution >= 4 is 21.6 Å². The van der Waals surface area contributed by atoms with Crippen molar-refractivity contribution in [3.05, 3.63) is 63.9 Å². The molecule has 0 radical (unpaired) electrons. The first-order chi connectivity index (χ1) is 8.69. The molecule has 94 valence electrons. The molecule has 0 fully saturated rings. The van der Waals surface area contributed by atoms with Gasteiger partial charge >= 0.3 is 0 Å². The Morgan fingerprint density at radius 1 is 1.06 bits per heavy atom. The maximum Gasteiger partial charge on any atom is 0.137 e. The molecule has 2 aromatic rings. The second kappa shape index (κ2) is 6.01. The molecule has 1 nitrogen and oxygen atoms in total. The molecule has 18 heavy (non-hydrogen) atoms. The van der Waals surface area contributed by atoms with Gasteiger partial charge in [-0.15, -0.1) is 0 Å². The fourth-order valence-corrected chi connectivity index (χ4v) is 2.08. The molecule has 2 aromatic carbocycles. The minimum atomic E-state index is -0.243. The van der Waals surface area contributed by atoms with Crippen LogP contribution in [0, 0.1) is 5.82 Å². The first-order valence-corrected chi connectivity index (χ1v) is 6.75. The predicted molar refractivity (Wildman–Crippen MR) is 77.2 cm³/mol. The average molecular weight is 308 g/mol. The minimum Gasteiger partial charge on any atom is -0.381 e. The van der Waals surface area contributed by atoms with E-state index in [-0.39, 0.29) is 5.82 Å². The largest absolute Gasteiger partial charge is 0.381 e. The zero-order valence-corrected chi connectivity index (χ0v) is 11.8. The van der Waals surface area contributed by atoms with Crippen molar-refractivity contribution in [1.29, 1.82) is 0 Å². The first kappa shape index (κ1) is 13.1. The van der Waals surface area contributed by atoms with E-state index in [9.17, 15) is 4.39 Å². The normalized spacial score (nSPS) is 10.4. The number of anilines is 1. The number of hydrogen-bond acceptors (Lipinski definition) is 1. The maximum atomic E-state index is 13.1. The summed E-state index contributed by atoms with van der Waals surface area (Å²) in [5.41, 5.74) is 3.46. The standard InChI is InChI=1S/C15H15BrFN/c1-2-11-3-5-12(6-4-11)10-18-13-7-8-15(17)14(16)9-13/h3-9,18H,2,10H2,1H3. The van der Waals surface area contributed by atoms with Gasteiger partial charge in [-0.2, -0.15) is 0 Å². The molecule has 0 unspecified atom stereocenters. The Morgan fingerprint density at radius 2 is 1.72 bits per heavy atom. The smallest absolute Gasteiger partial charge is 0.137 e. The molecule has 0 spiro atoms. The number of halogens is 2. The van der Waals surface area contributed by atoms with E-state index < -0.39 is 0 Å². The second-order valence-electron chi connectivity index (χ2n) is 4.15. The molecular formula is C15H15BrFN. The first-order valence-electron chi connectivity index (χ1n) is 5.96. The van der Waals surface area contributed by atoms with Crippen LogP contribution in [0.15, 0.2) is 46.9 Å². The third-order valence-corrected chi connectivity index (χ3v) is 3.46. The molecule has 0 saturated carbocycles. The number of rotatable bonds is 4. The lowest BCUT2D eigenvalue weighted by Gasteiger charge is -2.08. The molecule has 3 heteroatoms. The summed E-state index contributed by atoms with van der Waals surface area (Å²) >= 11 is 3.18. The fourth-order valence-electron chi connectivity index (χ4n) is 1.70. The van der Waals surface area contributed by atoms with Gasteiger partial charge in [0.15, 0.2) is 0 Å².